The summed E-state index contributed by atoms with van der Waals surface area (Å²) in [6, 6.07) is 0. The molecule has 3 heterocycles. The molecule has 1 spiro atoms. The number of ketones is 2. The van der Waals surface area contributed by atoms with E-state index in [-0.39, 0.29) is 40.8 Å². The first-order chi connectivity index (χ1) is 21.5. The maximum atomic E-state index is 14.7. The van der Waals surface area contributed by atoms with Gasteiger partial charge in [0.05, 0.1) is 11.2 Å². The third-order valence-electron chi connectivity index (χ3n) is 10.5. The number of phenolic OH excluding ortho intramolecular Hbond substituents is 1. The van der Waals surface area contributed by atoms with Crippen LogP contribution in [0.25, 0.3) is 6.08 Å². The van der Waals surface area contributed by atoms with Crippen LogP contribution in [0.2, 0.25) is 0 Å². The standard InChI is InChI=1S/C38H44O8/c1-20(2)10-9-15-36(8)16-14-24-29(39)28-30(40)26-18-23-19-27-35(6,7)46-37(33(23)41,17-13-22(5)34(42)43)38(26,27)45-32(28)25(31(24)44-36)12-11-21(3)4/h10-11,13-14,16,18,23,27,39H,9,12,15,17,19H2,1-8H3,(H,42,43)/t23?,27?,36-,37?,38?/m0/s1. The van der Waals surface area contributed by atoms with Crippen molar-refractivity contribution in [3.8, 4) is 17.2 Å². The highest BCUT2D eigenvalue weighted by molar-refractivity contribution is 6.19. The average molecular weight is 629 g/mol. The van der Waals surface area contributed by atoms with Gasteiger partial charge in [0.1, 0.15) is 28.4 Å². The number of carboxylic acids is 1. The lowest BCUT2D eigenvalue weighted by Crippen LogP contribution is -2.72. The Balaban J connectivity index is 1.59. The van der Waals surface area contributed by atoms with Crippen LogP contribution in [0.1, 0.15) is 103 Å². The number of carboxylic acid groups (broad SMARTS) is 1. The zero-order chi connectivity index (χ0) is 33.6. The molecule has 1 aromatic carbocycles. The number of ether oxygens (including phenoxy) is 3. The van der Waals surface area contributed by atoms with Crippen LogP contribution in [0.5, 0.6) is 17.2 Å². The summed E-state index contributed by atoms with van der Waals surface area (Å²) in [6.45, 7) is 15.4. The zero-order valence-corrected chi connectivity index (χ0v) is 28.0. The molecule has 8 nitrogen and oxygen atoms in total. The van der Waals surface area contributed by atoms with Crippen molar-refractivity contribution < 1.29 is 38.8 Å². The van der Waals surface area contributed by atoms with Crippen molar-refractivity contribution in [2.45, 2.75) is 110 Å². The van der Waals surface area contributed by atoms with Crippen molar-refractivity contribution >= 4 is 23.6 Å². The molecule has 46 heavy (non-hydrogen) atoms. The quantitative estimate of drug-likeness (QED) is 0.228. The number of hydrogen-bond acceptors (Lipinski definition) is 7. The molecule has 2 fully saturated rings. The first-order valence-electron chi connectivity index (χ1n) is 16.2. The molecule has 1 saturated carbocycles. The fourth-order valence-corrected chi connectivity index (χ4v) is 8.17. The molecule has 3 aliphatic carbocycles. The minimum Gasteiger partial charge on any atom is -0.506 e. The van der Waals surface area contributed by atoms with Crippen LogP contribution in [0.4, 0.5) is 0 Å². The van der Waals surface area contributed by atoms with Gasteiger partial charge in [0.15, 0.2) is 22.8 Å². The zero-order valence-electron chi connectivity index (χ0n) is 28.0. The number of rotatable bonds is 8. The lowest BCUT2D eigenvalue weighted by Gasteiger charge is -2.56. The predicted molar refractivity (Wildman–Crippen MR) is 174 cm³/mol. The summed E-state index contributed by atoms with van der Waals surface area (Å²) in [4.78, 5) is 40.8. The molecule has 1 aromatic rings. The molecule has 1 saturated heterocycles. The number of Topliss-reactive ketones (excluding diaryl/α,β-unsaturated/α-hetero) is 2. The number of fused-ring (bicyclic) bond motifs is 2. The highest BCUT2D eigenvalue weighted by Gasteiger charge is 2.81. The fraction of sp³-hybridized carbons (Fsp3) is 0.500. The molecule has 3 aliphatic heterocycles. The Labute approximate surface area is 270 Å². The second-order valence-corrected chi connectivity index (χ2v) is 14.8. The lowest BCUT2D eigenvalue weighted by molar-refractivity contribution is -0.171. The molecule has 0 amide bonds. The number of phenols is 1. The van der Waals surface area contributed by atoms with E-state index in [1.807, 2.05) is 52.8 Å². The van der Waals surface area contributed by atoms with Gasteiger partial charge in [-0.2, -0.15) is 0 Å². The Morgan fingerprint density at radius 1 is 1.00 bits per heavy atom. The topological polar surface area (TPSA) is 119 Å². The van der Waals surface area contributed by atoms with E-state index >= 15 is 0 Å². The summed E-state index contributed by atoms with van der Waals surface area (Å²) in [5, 5.41) is 21.4. The van der Waals surface area contributed by atoms with Gasteiger partial charge in [-0.05, 0) is 93.2 Å². The molecule has 0 aromatic heterocycles. The monoisotopic (exact) mass is 628 g/mol. The van der Waals surface area contributed by atoms with Crippen LogP contribution in [0.3, 0.4) is 0 Å². The summed E-state index contributed by atoms with van der Waals surface area (Å²) < 4.78 is 20.6. The summed E-state index contributed by atoms with van der Waals surface area (Å²) in [7, 11) is 0. The predicted octanol–water partition coefficient (Wildman–Crippen LogP) is 7.24. The van der Waals surface area contributed by atoms with Gasteiger partial charge >= 0.3 is 5.97 Å². The number of benzene rings is 1. The van der Waals surface area contributed by atoms with Gasteiger partial charge in [0.2, 0.25) is 0 Å². The van der Waals surface area contributed by atoms with Gasteiger partial charge in [-0.15, -0.1) is 0 Å². The second-order valence-electron chi connectivity index (χ2n) is 14.8. The Morgan fingerprint density at radius 2 is 1.70 bits per heavy atom. The number of hydrogen-bond donors (Lipinski definition) is 2. The smallest absolute Gasteiger partial charge is 0.330 e. The minimum absolute atomic E-state index is 0.0544. The van der Waals surface area contributed by atoms with Crippen LogP contribution in [-0.2, 0) is 20.7 Å². The molecular formula is C38H44O8. The van der Waals surface area contributed by atoms with Gasteiger partial charge < -0.3 is 24.4 Å². The normalized spacial score (nSPS) is 31.2. The Hall–Kier alpha value is -3.91. The third-order valence-corrected chi connectivity index (χ3v) is 10.5. The number of aliphatic carboxylic acids is 1. The van der Waals surface area contributed by atoms with E-state index in [0.717, 1.165) is 12.0 Å². The average Bonchev–Trinajstić information content (AvgIpc) is 3.12. The van der Waals surface area contributed by atoms with E-state index < -0.39 is 40.1 Å². The number of allylic oxidation sites excluding steroid dienone is 5. The highest BCUT2D eigenvalue weighted by atomic mass is 16.6. The number of carbonyl (C=O) groups is 3. The molecule has 0 radical (unpaired) electrons. The molecule has 4 bridgehead atoms. The molecule has 7 rings (SSSR count). The van der Waals surface area contributed by atoms with Crippen molar-refractivity contribution in [2.75, 3.05) is 0 Å². The van der Waals surface area contributed by atoms with Gasteiger partial charge in [0, 0.05) is 35.0 Å². The molecule has 4 unspecified atom stereocenters. The van der Waals surface area contributed by atoms with Crippen LogP contribution < -0.4 is 9.47 Å². The van der Waals surface area contributed by atoms with Gasteiger partial charge in [-0.1, -0.05) is 35.5 Å². The van der Waals surface area contributed by atoms with E-state index in [0.29, 0.717) is 41.7 Å². The van der Waals surface area contributed by atoms with Crippen molar-refractivity contribution in [2.24, 2.45) is 11.8 Å². The van der Waals surface area contributed by atoms with Crippen LogP contribution in [0, 0.1) is 11.8 Å². The maximum Gasteiger partial charge on any atom is 0.330 e. The minimum atomic E-state index is -1.63. The first kappa shape index (κ1) is 32.0. The van der Waals surface area contributed by atoms with Gasteiger partial charge in [-0.25, -0.2) is 4.79 Å². The van der Waals surface area contributed by atoms with E-state index in [2.05, 4.69) is 19.9 Å². The molecule has 5 atom stereocenters. The van der Waals surface area contributed by atoms with Crippen LogP contribution in [-0.4, -0.2) is 50.2 Å². The molecule has 6 aliphatic rings. The third kappa shape index (κ3) is 4.47. The molecule has 8 heteroatoms. The Bertz CT molecular complexity index is 1730. The number of carbonyl (C=O) groups excluding carboxylic acids is 2. The summed E-state index contributed by atoms with van der Waals surface area (Å²) in [6.07, 6.45) is 13.4. The van der Waals surface area contributed by atoms with Crippen LogP contribution in [0.15, 0.2) is 52.7 Å². The SMILES string of the molecule is CC(C)=CCC[C@@]1(C)C=Cc2c(O)c3c(c(CC=C(C)C)c2O1)OC12C(=CC4CC1C(C)(C)OC2(CC=C(C)C(=O)O)C4=O)C3=O. The van der Waals surface area contributed by atoms with Crippen LogP contribution >= 0.6 is 0 Å². The fourth-order valence-electron chi connectivity index (χ4n) is 8.17. The molecule has 2 N–H and O–H groups in total. The van der Waals surface area contributed by atoms with E-state index in [1.54, 1.807) is 6.08 Å². The van der Waals surface area contributed by atoms with Gasteiger partial charge in [0.25, 0.3) is 0 Å². The lowest BCUT2D eigenvalue weighted by atomic mass is 9.51. The van der Waals surface area contributed by atoms with Gasteiger partial charge in [-0.3, -0.25) is 9.59 Å². The number of aromatic hydroxyl groups is 1. The first-order valence-corrected chi connectivity index (χ1v) is 16.2. The van der Waals surface area contributed by atoms with Crippen molar-refractivity contribution in [1.29, 1.82) is 0 Å². The Morgan fingerprint density at radius 3 is 2.35 bits per heavy atom. The van der Waals surface area contributed by atoms with Crippen molar-refractivity contribution in [1.82, 2.24) is 0 Å². The molecular weight excluding hydrogens is 584 g/mol. The highest BCUT2D eigenvalue weighted by Crippen LogP contribution is 2.68. The second kappa shape index (κ2) is 10.6. The Kier molecular flexibility index (Phi) is 7.36. The van der Waals surface area contributed by atoms with E-state index in [1.165, 1.54) is 18.6 Å². The summed E-state index contributed by atoms with van der Waals surface area (Å²) in [5.41, 5.74) is -0.952. The van der Waals surface area contributed by atoms with Crippen molar-refractivity contribution in [3.63, 3.8) is 0 Å². The maximum absolute atomic E-state index is 14.7. The van der Waals surface area contributed by atoms with E-state index in [4.69, 9.17) is 14.2 Å². The van der Waals surface area contributed by atoms with E-state index in [9.17, 15) is 24.6 Å². The largest absolute Gasteiger partial charge is 0.506 e. The summed E-state index contributed by atoms with van der Waals surface area (Å²) in [5.74, 6) is -2.28. The molecule has 244 valence electrons. The van der Waals surface area contributed by atoms with Crippen molar-refractivity contribution in [3.05, 3.63) is 69.4 Å². The summed E-state index contributed by atoms with van der Waals surface area (Å²) >= 11 is 0.